The third kappa shape index (κ3) is 2.79. The van der Waals surface area contributed by atoms with Crippen molar-refractivity contribution in [2.75, 3.05) is 5.32 Å². The zero-order valence-electron chi connectivity index (χ0n) is 7.79. The summed E-state index contributed by atoms with van der Waals surface area (Å²) in [5, 5.41) is 5.30. The highest BCUT2D eigenvalue weighted by Crippen LogP contribution is 2.05. The molecule has 0 unspecified atom stereocenters. The van der Waals surface area contributed by atoms with E-state index in [2.05, 4.69) is 23.8 Å². The Hall–Kier alpha value is -2.03. The number of hydrogen-bond acceptors (Lipinski definition) is 2. The molecule has 0 bridgehead atoms. The van der Waals surface area contributed by atoms with Crippen molar-refractivity contribution in [3.05, 3.63) is 55.4 Å². The van der Waals surface area contributed by atoms with Gasteiger partial charge in [0.05, 0.1) is 5.70 Å². The summed E-state index contributed by atoms with van der Waals surface area (Å²) in [6, 6.07) is 9.18. The molecule has 14 heavy (non-hydrogen) atoms. The molecule has 0 aliphatic rings. The van der Waals surface area contributed by atoms with Crippen molar-refractivity contribution >= 4 is 11.6 Å². The summed E-state index contributed by atoms with van der Waals surface area (Å²) < 4.78 is 0. The number of para-hydroxylation sites is 1. The third-order valence-corrected chi connectivity index (χ3v) is 1.58. The van der Waals surface area contributed by atoms with Crippen molar-refractivity contribution in [2.45, 2.75) is 0 Å². The van der Waals surface area contributed by atoms with Gasteiger partial charge in [-0.15, -0.1) is 0 Å². The Morgan fingerprint density at radius 3 is 2.50 bits per heavy atom. The van der Waals surface area contributed by atoms with E-state index in [0.29, 0.717) is 0 Å². The Morgan fingerprint density at radius 1 is 1.29 bits per heavy atom. The molecule has 3 nitrogen and oxygen atoms in total. The fourth-order valence-corrected chi connectivity index (χ4v) is 0.917. The molecule has 0 saturated carbocycles. The molecule has 0 aromatic heterocycles. The predicted molar refractivity (Wildman–Crippen MR) is 57.5 cm³/mol. The SMILES string of the molecule is C=CNC(=C)C(=O)Nc1ccccc1. The van der Waals surface area contributed by atoms with Gasteiger partial charge in [0.15, 0.2) is 0 Å². The summed E-state index contributed by atoms with van der Waals surface area (Å²) in [6.07, 6.45) is 1.41. The molecule has 0 spiro atoms. The minimum absolute atomic E-state index is 0.267. The van der Waals surface area contributed by atoms with Crippen LogP contribution in [0.1, 0.15) is 0 Å². The van der Waals surface area contributed by atoms with Crippen molar-refractivity contribution in [3.63, 3.8) is 0 Å². The normalized spacial score (nSPS) is 8.86. The molecule has 0 aliphatic carbocycles. The van der Waals surface area contributed by atoms with Crippen LogP contribution in [0, 0.1) is 0 Å². The monoisotopic (exact) mass is 188 g/mol. The van der Waals surface area contributed by atoms with Crippen LogP contribution in [0.4, 0.5) is 5.69 Å². The molecule has 1 aromatic carbocycles. The van der Waals surface area contributed by atoms with Crippen LogP contribution < -0.4 is 10.6 Å². The minimum atomic E-state index is -0.267. The first-order valence-electron chi connectivity index (χ1n) is 4.17. The summed E-state index contributed by atoms with van der Waals surface area (Å²) in [5.41, 5.74) is 1.01. The molecule has 0 heterocycles. The van der Waals surface area contributed by atoms with Crippen molar-refractivity contribution < 1.29 is 4.79 Å². The highest BCUT2D eigenvalue weighted by Gasteiger charge is 2.04. The Morgan fingerprint density at radius 2 is 1.93 bits per heavy atom. The molecule has 0 fully saturated rings. The van der Waals surface area contributed by atoms with Crippen LogP contribution in [0.3, 0.4) is 0 Å². The Kier molecular flexibility index (Phi) is 3.49. The van der Waals surface area contributed by atoms with Crippen molar-refractivity contribution in [2.24, 2.45) is 0 Å². The van der Waals surface area contributed by atoms with Crippen LogP contribution in [0.2, 0.25) is 0 Å². The molecule has 1 rings (SSSR count). The number of nitrogens with one attached hydrogen (secondary N) is 2. The average Bonchev–Trinajstić information content (AvgIpc) is 2.19. The molecule has 0 radical (unpaired) electrons. The Balaban J connectivity index is 2.57. The maximum atomic E-state index is 11.4. The lowest BCUT2D eigenvalue weighted by molar-refractivity contribution is -0.113. The zero-order valence-corrected chi connectivity index (χ0v) is 7.79. The number of amides is 1. The topological polar surface area (TPSA) is 41.1 Å². The van der Waals surface area contributed by atoms with Gasteiger partial charge in [-0.2, -0.15) is 0 Å². The second-order valence-corrected chi connectivity index (χ2v) is 2.65. The van der Waals surface area contributed by atoms with E-state index in [1.54, 1.807) is 12.1 Å². The van der Waals surface area contributed by atoms with Gasteiger partial charge in [0.1, 0.15) is 0 Å². The quantitative estimate of drug-likeness (QED) is 0.708. The standard InChI is InChI=1S/C11H12N2O/c1-3-12-9(2)11(14)13-10-7-5-4-6-8-10/h3-8,12H,1-2H2,(H,13,14). The molecule has 0 aliphatic heterocycles. The fraction of sp³-hybridized carbons (Fsp3) is 0. The van der Waals surface area contributed by atoms with Gasteiger partial charge in [-0.25, -0.2) is 0 Å². The van der Waals surface area contributed by atoms with E-state index in [9.17, 15) is 4.79 Å². The fourth-order valence-electron chi connectivity index (χ4n) is 0.917. The number of rotatable bonds is 4. The summed E-state index contributed by atoms with van der Waals surface area (Å²) in [7, 11) is 0. The van der Waals surface area contributed by atoms with E-state index in [1.807, 2.05) is 18.2 Å². The highest BCUT2D eigenvalue weighted by atomic mass is 16.2. The molecule has 2 N–H and O–H groups in total. The molecule has 72 valence electrons. The predicted octanol–water partition coefficient (Wildman–Crippen LogP) is 1.87. The van der Waals surface area contributed by atoms with Gasteiger partial charge in [-0.05, 0) is 18.3 Å². The summed E-state index contributed by atoms with van der Waals surface area (Å²) in [5.74, 6) is -0.267. The zero-order chi connectivity index (χ0) is 10.4. The minimum Gasteiger partial charge on any atom is -0.358 e. The Labute approximate surface area is 83.1 Å². The van der Waals surface area contributed by atoms with Gasteiger partial charge in [0.2, 0.25) is 0 Å². The molecule has 1 amide bonds. The molecule has 0 saturated heterocycles. The number of hydrogen-bond donors (Lipinski definition) is 2. The first kappa shape index (κ1) is 10.1. The van der Waals surface area contributed by atoms with Crippen molar-refractivity contribution in [1.29, 1.82) is 0 Å². The molecular formula is C11H12N2O. The second kappa shape index (κ2) is 4.87. The second-order valence-electron chi connectivity index (χ2n) is 2.65. The first-order chi connectivity index (χ1) is 6.74. The average molecular weight is 188 g/mol. The van der Waals surface area contributed by atoms with Crippen LogP contribution in [0.15, 0.2) is 55.4 Å². The maximum Gasteiger partial charge on any atom is 0.271 e. The van der Waals surface area contributed by atoms with Crippen LogP contribution in [-0.4, -0.2) is 5.91 Å². The lowest BCUT2D eigenvalue weighted by Gasteiger charge is -2.06. The maximum absolute atomic E-state index is 11.4. The summed E-state index contributed by atoms with van der Waals surface area (Å²) >= 11 is 0. The molecule has 0 atom stereocenters. The van der Waals surface area contributed by atoms with Crippen LogP contribution in [-0.2, 0) is 4.79 Å². The van der Waals surface area contributed by atoms with Gasteiger partial charge in [-0.3, -0.25) is 4.79 Å². The largest absolute Gasteiger partial charge is 0.358 e. The van der Waals surface area contributed by atoms with Gasteiger partial charge in [0, 0.05) is 5.69 Å². The third-order valence-electron chi connectivity index (χ3n) is 1.58. The number of anilines is 1. The Bertz CT molecular complexity index is 344. The first-order valence-corrected chi connectivity index (χ1v) is 4.17. The van der Waals surface area contributed by atoms with Gasteiger partial charge >= 0.3 is 0 Å². The van der Waals surface area contributed by atoms with Crippen LogP contribution in [0.5, 0.6) is 0 Å². The highest BCUT2D eigenvalue weighted by molar-refractivity contribution is 6.02. The van der Waals surface area contributed by atoms with E-state index >= 15 is 0 Å². The summed E-state index contributed by atoms with van der Waals surface area (Å²) in [4.78, 5) is 11.4. The van der Waals surface area contributed by atoms with Crippen LogP contribution >= 0.6 is 0 Å². The lowest BCUT2D eigenvalue weighted by Crippen LogP contribution is -2.21. The van der Waals surface area contributed by atoms with Gasteiger partial charge in [-0.1, -0.05) is 31.4 Å². The number of carbonyl (C=O) groups is 1. The van der Waals surface area contributed by atoms with E-state index in [4.69, 9.17) is 0 Å². The molecule has 1 aromatic rings. The van der Waals surface area contributed by atoms with Gasteiger partial charge in [0.25, 0.3) is 5.91 Å². The molecule has 3 heteroatoms. The number of carbonyl (C=O) groups excluding carboxylic acids is 1. The number of benzene rings is 1. The van der Waals surface area contributed by atoms with E-state index in [0.717, 1.165) is 5.69 Å². The van der Waals surface area contributed by atoms with E-state index < -0.39 is 0 Å². The summed E-state index contributed by atoms with van der Waals surface area (Å²) in [6.45, 7) is 6.98. The molecular weight excluding hydrogens is 176 g/mol. The van der Waals surface area contributed by atoms with Crippen LogP contribution in [0.25, 0.3) is 0 Å². The van der Waals surface area contributed by atoms with E-state index in [-0.39, 0.29) is 11.6 Å². The van der Waals surface area contributed by atoms with E-state index in [1.165, 1.54) is 6.20 Å². The smallest absolute Gasteiger partial charge is 0.271 e. The van der Waals surface area contributed by atoms with Crippen molar-refractivity contribution in [1.82, 2.24) is 5.32 Å². The van der Waals surface area contributed by atoms with Gasteiger partial charge < -0.3 is 10.6 Å². The lowest BCUT2D eigenvalue weighted by atomic mass is 10.3. The van der Waals surface area contributed by atoms with Crippen molar-refractivity contribution in [3.8, 4) is 0 Å².